The smallest absolute Gasteiger partial charge is 0.221 e. The van der Waals surface area contributed by atoms with Crippen molar-refractivity contribution < 1.29 is 9.53 Å². The Balaban J connectivity index is 1.52. The van der Waals surface area contributed by atoms with E-state index in [9.17, 15) is 4.79 Å². The lowest BCUT2D eigenvalue weighted by Gasteiger charge is -2.07. The van der Waals surface area contributed by atoms with E-state index in [1.807, 2.05) is 36.4 Å². The van der Waals surface area contributed by atoms with E-state index in [-0.39, 0.29) is 5.91 Å². The molecule has 0 fully saturated rings. The summed E-state index contributed by atoms with van der Waals surface area (Å²) in [7, 11) is 1.66. The fraction of sp³-hybridized carbons (Fsp3) is 0.350. The first-order valence-electron chi connectivity index (χ1n) is 8.52. The van der Waals surface area contributed by atoms with E-state index in [0.29, 0.717) is 19.5 Å². The summed E-state index contributed by atoms with van der Waals surface area (Å²) in [6.45, 7) is 2.18. The molecule has 134 valence electrons. The average molecular weight is 361 g/mol. The molecule has 2 aromatic rings. The van der Waals surface area contributed by atoms with Gasteiger partial charge in [-0.2, -0.15) is 0 Å². The second-order valence-corrected chi connectivity index (χ2v) is 6.26. The molecule has 25 heavy (non-hydrogen) atoms. The maximum absolute atomic E-state index is 11.8. The number of hydrogen-bond acceptors (Lipinski definition) is 3. The number of carbonyl (C=O) groups is 1. The zero-order valence-corrected chi connectivity index (χ0v) is 15.3. The summed E-state index contributed by atoms with van der Waals surface area (Å²) >= 11 is 5.85. The van der Waals surface area contributed by atoms with Gasteiger partial charge in [0.15, 0.2) is 0 Å². The van der Waals surface area contributed by atoms with Crippen LogP contribution in [0.25, 0.3) is 0 Å². The maximum Gasteiger partial charge on any atom is 0.221 e. The van der Waals surface area contributed by atoms with Crippen LogP contribution in [0.15, 0.2) is 48.5 Å². The van der Waals surface area contributed by atoms with Gasteiger partial charge in [-0.05, 0) is 54.8 Å². The van der Waals surface area contributed by atoms with Crippen molar-refractivity contribution in [2.45, 2.75) is 19.3 Å². The Kier molecular flexibility index (Phi) is 8.29. The maximum atomic E-state index is 11.8. The van der Waals surface area contributed by atoms with Gasteiger partial charge in [0.1, 0.15) is 5.75 Å². The van der Waals surface area contributed by atoms with Crippen molar-refractivity contribution in [2.75, 3.05) is 26.7 Å². The fourth-order valence-electron chi connectivity index (χ4n) is 2.44. The van der Waals surface area contributed by atoms with Gasteiger partial charge >= 0.3 is 0 Å². The highest BCUT2D eigenvalue weighted by Crippen LogP contribution is 2.11. The Morgan fingerprint density at radius 3 is 2.16 bits per heavy atom. The fourth-order valence-corrected chi connectivity index (χ4v) is 2.56. The predicted molar refractivity (Wildman–Crippen MR) is 102 cm³/mol. The highest BCUT2D eigenvalue weighted by Gasteiger charge is 2.01. The molecule has 0 radical (unpaired) electrons. The van der Waals surface area contributed by atoms with Crippen molar-refractivity contribution >= 4 is 17.5 Å². The monoisotopic (exact) mass is 360 g/mol. The number of halogens is 1. The van der Waals surface area contributed by atoms with Crippen molar-refractivity contribution in [1.29, 1.82) is 0 Å². The molecule has 2 rings (SSSR count). The van der Waals surface area contributed by atoms with Gasteiger partial charge in [-0.3, -0.25) is 4.79 Å². The summed E-state index contributed by atoms with van der Waals surface area (Å²) in [5.41, 5.74) is 2.42. The molecule has 0 spiro atoms. The SMILES string of the molecule is COc1ccc(CCNCCC(=O)NCCc2ccc(Cl)cc2)cc1. The molecule has 0 heterocycles. The Morgan fingerprint density at radius 2 is 1.52 bits per heavy atom. The Morgan fingerprint density at radius 1 is 0.920 bits per heavy atom. The first-order chi connectivity index (χ1) is 12.2. The summed E-state index contributed by atoms with van der Waals surface area (Å²) in [4.78, 5) is 11.8. The second-order valence-electron chi connectivity index (χ2n) is 5.82. The molecule has 0 aliphatic rings. The molecule has 2 N–H and O–H groups in total. The molecule has 1 amide bonds. The first kappa shape index (κ1) is 19.3. The third-order valence-corrected chi connectivity index (χ3v) is 4.18. The lowest BCUT2D eigenvalue weighted by Crippen LogP contribution is -2.29. The topological polar surface area (TPSA) is 50.4 Å². The predicted octanol–water partition coefficient (Wildman–Crippen LogP) is 3.23. The Hall–Kier alpha value is -2.04. The molecule has 0 atom stereocenters. The van der Waals surface area contributed by atoms with Gasteiger partial charge in [0.05, 0.1) is 7.11 Å². The molecule has 0 bridgehead atoms. The zero-order valence-electron chi connectivity index (χ0n) is 14.6. The number of nitrogens with one attached hydrogen (secondary N) is 2. The highest BCUT2D eigenvalue weighted by molar-refractivity contribution is 6.30. The standard InChI is InChI=1S/C20H25ClN2O2/c1-25-19-8-4-17(5-9-19)10-13-22-14-12-20(24)23-15-11-16-2-6-18(21)7-3-16/h2-9,22H,10-15H2,1H3,(H,23,24). The van der Waals surface area contributed by atoms with Crippen molar-refractivity contribution in [1.82, 2.24) is 10.6 Å². The average Bonchev–Trinajstić information content (AvgIpc) is 2.63. The number of amides is 1. The van der Waals surface area contributed by atoms with Gasteiger partial charge in [0, 0.05) is 24.5 Å². The van der Waals surface area contributed by atoms with Crippen LogP contribution < -0.4 is 15.4 Å². The number of ether oxygens (including phenoxy) is 1. The third-order valence-electron chi connectivity index (χ3n) is 3.93. The summed E-state index contributed by atoms with van der Waals surface area (Å²) in [5.74, 6) is 0.942. The van der Waals surface area contributed by atoms with Gasteiger partial charge in [-0.25, -0.2) is 0 Å². The van der Waals surface area contributed by atoms with Crippen LogP contribution in [0.1, 0.15) is 17.5 Å². The lowest BCUT2D eigenvalue weighted by atomic mass is 10.1. The van der Waals surface area contributed by atoms with Crippen LogP contribution in [0.5, 0.6) is 5.75 Å². The van der Waals surface area contributed by atoms with Crippen LogP contribution >= 0.6 is 11.6 Å². The van der Waals surface area contributed by atoms with E-state index in [1.54, 1.807) is 7.11 Å². The largest absolute Gasteiger partial charge is 0.497 e. The van der Waals surface area contributed by atoms with Crippen molar-refractivity contribution in [3.8, 4) is 5.75 Å². The van der Waals surface area contributed by atoms with Gasteiger partial charge in [0.2, 0.25) is 5.91 Å². The molecule has 0 saturated carbocycles. The van der Waals surface area contributed by atoms with E-state index < -0.39 is 0 Å². The van der Waals surface area contributed by atoms with Crippen LogP contribution in [0.3, 0.4) is 0 Å². The van der Waals surface area contributed by atoms with Crippen LogP contribution in [-0.2, 0) is 17.6 Å². The second kappa shape index (κ2) is 10.7. The summed E-state index contributed by atoms with van der Waals surface area (Å²) in [6.07, 6.45) is 2.24. The van der Waals surface area contributed by atoms with Crippen LogP contribution in [0, 0.1) is 0 Å². The van der Waals surface area contributed by atoms with Gasteiger partial charge in [0.25, 0.3) is 0 Å². The molecule has 2 aromatic carbocycles. The minimum atomic E-state index is 0.0749. The van der Waals surface area contributed by atoms with Crippen LogP contribution in [0.2, 0.25) is 5.02 Å². The van der Waals surface area contributed by atoms with Crippen LogP contribution in [-0.4, -0.2) is 32.7 Å². The number of rotatable bonds is 10. The van der Waals surface area contributed by atoms with E-state index >= 15 is 0 Å². The molecule has 0 aliphatic heterocycles. The minimum absolute atomic E-state index is 0.0749. The summed E-state index contributed by atoms with van der Waals surface area (Å²) < 4.78 is 5.14. The zero-order chi connectivity index (χ0) is 17.9. The summed E-state index contributed by atoms with van der Waals surface area (Å²) in [6, 6.07) is 15.7. The number of carbonyl (C=O) groups excluding carboxylic acids is 1. The van der Waals surface area contributed by atoms with E-state index in [0.717, 1.165) is 30.2 Å². The van der Waals surface area contributed by atoms with Crippen molar-refractivity contribution in [3.63, 3.8) is 0 Å². The molecule has 0 unspecified atom stereocenters. The number of benzene rings is 2. The number of hydrogen-bond donors (Lipinski definition) is 2. The lowest BCUT2D eigenvalue weighted by molar-refractivity contribution is -0.120. The van der Waals surface area contributed by atoms with E-state index in [2.05, 4.69) is 22.8 Å². The molecule has 4 nitrogen and oxygen atoms in total. The van der Waals surface area contributed by atoms with Gasteiger partial charge in [-0.15, -0.1) is 0 Å². The van der Waals surface area contributed by atoms with Gasteiger partial charge < -0.3 is 15.4 Å². The van der Waals surface area contributed by atoms with Crippen molar-refractivity contribution in [2.24, 2.45) is 0 Å². The van der Waals surface area contributed by atoms with Crippen molar-refractivity contribution in [3.05, 3.63) is 64.7 Å². The molecule has 0 aliphatic carbocycles. The molecule has 5 heteroatoms. The number of methoxy groups -OCH3 is 1. The highest BCUT2D eigenvalue weighted by atomic mass is 35.5. The van der Waals surface area contributed by atoms with Gasteiger partial charge in [-0.1, -0.05) is 35.9 Å². The first-order valence-corrected chi connectivity index (χ1v) is 8.90. The van der Waals surface area contributed by atoms with E-state index in [4.69, 9.17) is 16.3 Å². The molecular formula is C20H25ClN2O2. The quantitative estimate of drug-likeness (QED) is 0.639. The Bertz CT molecular complexity index is 642. The summed E-state index contributed by atoms with van der Waals surface area (Å²) in [5, 5.41) is 6.97. The third kappa shape index (κ3) is 7.59. The molecule has 0 aromatic heterocycles. The molecular weight excluding hydrogens is 336 g/mol. The Labute approximate surface area is 154 Å². The normalized spacial score (nSPS) is 10.5. The molecule has 0 saturated heterocycles. The minimum Gasteiger partial charge on any atom is -0.497 e. The van der Waals surface area contributed by atoms with Crippen LogP contribution in [0.4, 0.5) is 0 Å². The van der Waals surface area contributed by atoms with E-state index in [1.165, 1.54) is 11.1 Å².